The van der Waals surface area contributed by atoms with Crippen molar-refractivity contribution in [2.75, 3.05) is 0 Å². The van der Waals surface area contributed by atoms with Crippen molar-refractivity contribution in [1.29, 1.82) is 0 Å². The number of thiazole rings is 2. The summed E-state index contributed by atoms with van der Waals surface area (Å²) >= 11 is 3.09. The molecule has 0 aliphatic rings. The predicted molar refractivity (Wildman–Crippen MR) is 96.8 cm³/mol. The summed E-state index contributed by atoms with van der Waals surface area (Å²) in [5.74, 6) is -0.273. The number of carbonyl (C=O) groups excluding carboxylic acids is 1. The van der Waals surface area contributed by atoms with Crippen molar-refractivity contribution < 1.29 is 14.7 Å². The Labute approximate surface area is 149 Å². The van der Waals surface area contributed by atoms with Crippen LogP contribution in [0.1, 0.15) is 61.3 Å². The summed E-state index contributed by atoms with van der Waals surface area (Å²) in [6, 6.07) is 0. The third-order valence-corrected chi connectivity index (χ3v) is 5.46. The molecule has 0 saturated carbocycles. The van der Waals surface area contributed by atoms with Gasteiger partial charge in [-0.05, 0) is 25.2 Å². The van der Waals surface area contributed by atoms with Crippen LogP contribution >= 0.6 is 22.7 Å². The third-order valence-electron chi connectivity index (χ3n) is 3.46. The van der Waals surface area contributed by atoms with Gasteiger partial charge in [-0.25, -0.2) is 9.97 Å². The number of nitrogens with zero attached hydrogens (tertiary/aromatic N) is 2. The van der Waals surface area contributed by atoms with Gasteiger partial charge in [0, 0.05) is 29.3 Å². The topological polar surface area (TPSA) is 80.2 Å². The molecule has 0 fully saturated rings. The van der Waals surface area contributed by atoms with E-state index in [-0.39, 0.29) is 12.2 Å². The van der Waals surface area contributed by atoms with Crippen LogP contribution in [0.2, 0.25) is 0 Å². The molecule has 0 amide bonds. The van der Waals surface area contributed by atoms with Crippen LogP contribution in [-0.2, 0) is 11.2 Å². The average Bonchev–Trinajstić information content (AvgIpc) is 3.14. The molecule has 2 rings (SSSR count). The minimum atomic E-state index is -0.784. The van der Waals surface area contributed by atoms with E-state index in [0.29, 0.717) is 30.9 Å². The van der Waals surface area contributed by atoms with E-state index in [0.717, 1.165) is 27.7 Å². The summed E-state index contributed by atoms with van der Waals surface area (Å²) in [5.41, 5.74) is 0.581. The molecule has 0 atom stereocenters. The van der Waals surface area contributed by atoms with Crippen LogP contribution in [0.5, 0.6) is 0 Å². The quantitative estimate of drug-likeness (QED) is 0.488. The maximum absolute atomic E-state index is 12.5. The molecular formula is C17H22N2O3S2. The van der Waals surface area contributed by atoms with E-state index >= 15 is 0 Å². The third kappa shape index (κ3) is 5.49. The number of Topliss-reactive ketones (excluding diaryl/α,β-unsaturated/α-hetero) is 1. The summed E-state index contributed by atoms with van der Waals surface area (Å²) in [7, 11) is 0. The largest absolute Gasteiger partial charge is 0.481 e. The fourth-order valence-electron chi connectivity index (χ4n) is 2.36. The number of carboxylic acids is 1. The molecule has 7 heteroatoms. The molecule has 0 aromatic carbocycles. The first kappa shape index (κ1) is 18.7. The van der Waals surface area contributed by atoms with E-state index in [2.05, 4.69) is 23.8 Å². The average molecular weight is 367 g/mol. The first-order valence-corrected chi connectivity index (χ1v) is 9.81. The molecule has 0 unspecified atom stereocenters. The summed E-state index contributed by atoms with van der Waals surface area (Å²) < 4.78 is 0. The van der Waals surface area contributed by atoms with Crippen molar-refractivity contribution in [1.82, 2.24) is 9.97 Å². The summed E-state index contributed by atoms with van der Waals surface area (Å²) in [6.45, 7) is 4.26. The zero-order valence-corrected chi connectivity index (χ0v) is 15.6. The Kier molecular flexibility index (Phi) is 7.05. The van der Waals surface area contributed by atoms with Gasteiger partial charge in [0.05, 0.1) is 0 Å². The van der Waals surface area contributed by atoms with E-state index in [1.807, 2.05) is 5.38 Å². The second-order valence-electron chi connectivity index (χ2n) is 6.10. The van der Waals surface area contributed by atoms with Crippen molar-refractivity contribution >= 4 is 34.4 Å². The highest BCUT2D eigenvalue weighted by Gasteiger charge is 2.20. The second kappa shape index (κ2) is 9.03. The molecule has 0 saturated heterocycles. The normalized spacial score (nSPS) is 11.1. The zero-order valence-electron chi connectivity index (χ0n) is 13.9. The van der Waals surface area contributed by atoms with Crippen molar-refractivity contribution in [2.45, 2.75) is 52.4 Å². The fraction of sp³-hybridized carbons (Fsp3) is 0.529. The number of aliphatic carboxylic acids is 1. The summed E-state index contributed by atoms with van der Waals surface area (Å²) in [5, 5.41) is 12.2. The summed E-state index contributed by atoms with van der Waals surface area (Å²) in [4.78, 5) is 32.9. The van der Waals surface area contributed by atoms with E-state index in [1.54, 1.807) is 17.5 Å². The maximum atomic E-state index is 12.5. The zero-order chi connectivity index (χ0) is 17.5. The highest BCUT2D eigenvalue weighted by atomic mass is 32.1. The first-order valence-electron chi connectivity index (χ1n) is 8.12. The van der Waals surface area contributed by atoms with Gasteiger partial charge >= 0.3 is 5.97 Å². The second-order valence-corrected chi connectivity index (χ2v) is 8.08. The lowest BCUT2D eigenvalue weighted by atomic mass is 10.0. The van der Waals surface area contributed by atoms with Crippen molar-refractivity contribution in [2.24, 2.45) is 5.92 Å². The lowest BCUT2D eigenvalue weighted by molar-refractivity contribution is -0.137. The van der Waals surface area contributed by atoms with Crippen LogP contribution in [0.4, 0.5) is 0 Å². The number of carboxylic acid groups (broad SMARTS) is 1. The molecule has 2 heterocycles. The molecule has 0 bridgehead atoms. The van der Waals surface area contributed by atoms with Crippen LogP contribution in [-0.4, -0.2) is 26.8 Å². The Bertz CT molecular complexity index is 678. The summed E-state index contributed by atoms with van der Waals surface area (Å²) in [6.07, 6.45) is 5.24. The minimum absolute atomic E-state index is 0.0556. The first-order chi connectivity index (χ1) is 11.5. The lowest BCUT2D eigenvalue weighted by Gasteiger charge is -2.04. The molecule has 0 aliphatic carbocycles. The van der Waals surface area contributed by atoms with E-state index in [4.69, 9.17) is 5.11 Å². The highest BCUT2D eigenvalue weighted by molar-refractivity contribution is 7.20. The number of unbranched alkanes of at least 4 members (excludes halogenated alkanes) is 2. The molecular weight excluding hydrogens is 344 g/mol. The molecule has 130 valence electrons. The standard InChI is InChI=1S/C17H22N2O3S2/c1-11(2)10-13-15(12(20)6-4-3-5-7-14(21)22)19-17(24-13)16-18-8-9-23-16/h8-9,11H,3-7,10H2,1-2H3,(H,21,22). The SMILES string of the molecule is CC(C)Cc1sc(-c2nccs2)nc1C(=O)CCCCCC(=O)O. The molecule has 0 spiro atoms. The highest BCUT2D eigenvalue weighted by Crippen LogP contribution is 2.31. The Hall–Kier alpha value is -1.60. The number of hydrogen-bond donors (Lipinski definition) is 1. The van der Waals surface area contributed by atoms with Gasteiger partial charge in [0.25, 0.3) is 0 Å². The van der Waals surface area contributed by atoms with Crippen LogP contribution in [0.15, 0.2) is 11.6 Å². The Morgan fingerprint density at radius 3 is 2.54 bits per heavy atom. The number of carbonyl (C=O) groups is 2. The molecule has 24 heavy (non-hydrogen) atoms. The van der Waals surface area contributed by atoms with Gasteiger partial charge in [0.1, 0.15) is 5.69 Å². The van der Waals surface area contributed by atoms with Crippen molar-refractivity contribution in [3.8, 4) is 10.0 Å². The number of ketones is 1. The predicted octanol–water partition coefficient (Wildman–Crippen LogP) is 4.68. The van der Waals surface area contributed by atoms with Gasteiger partial charge in [0.2, 0.25) is 0 Å². The van der Waals surface area contributed by atoms with Gasteiger partial charge in [-0.2, -0.15) is 0 Å². The maximum Gasteiger partial charge on any atom is 0.303 e. The minimum Gasteiger partial charge on any atom is -0.481 e. The van der Waals surface area contributed by atoms with Gasteiger partial charge in [-0.15, -0.1) is 22.7 Å². The monoisotopic (exact) mass is 366 g/mol. The van der Waals surface area contributed by atoms with Gasteiger partial charge in [-0.3, -0.25) is 9.59 Å². The van der Waals surface area contributed by atoms with Crippen molar-refractivity contribution in [3.63, 3.8) is 0 Å². The number of rotatable bonds is 10. The van der Waals surface area contributed by atoms with Gasteiger partial charge in [0.15, 0.2) is 15.8 Å². The molecule has 0 aliphatic heterocycles. The Morgan fingerprint density at radius 1 is 1.17 bits per heavy atom. The number of hydrogen-bond acceptors (Lipinski definition) is 6. The lowest BCUT2D eigenvalue weighted by Crippen LogP contribution is -2.05. The molecule has 0 radical (unpaired) electrons. The smallest absolute Gasteiger partial charge is 0.303 e. The number of aromatic nitrogens is 2. The fourth-order valence-corrected chi connectivity index (χ4v) is 4.33. The molecule has 2 aromatic heterocycles. The van der Waals surface area contributed by atoms with Crippen molar-refractivity contribution in [3.05, 3.63) is 22.1 Å². The molecule has 5 nitrogen and oxygen atoms in total. The Balaban J connectivity index is 2.03. The van der Waals surface area contributed by atoms with E-state index in [1.165, 1.54) is 11.3 Å². The van der Waals surface area contributed by atoms with Gasteiger partial charge < -0.3 is 5.11 Å². The molecule has 2 aromatic rings. The van der Waals surface area contributed by atoms with Crippen LogP contribution in [0.25, 0.3) is 10.0 Å². The van der Waals surface area contributed by atoms with Crippen LogP contribution in [0, 0.1) is 5.92 Å². The van der Waals surface area contributed by atoms with E-state index in [9.17, 15) is 9.59 Å². The van der Waals surface area contributed by atoms with E-state index < -0.39 is 5.97 Å². The Morgan fingerprint density at radius 2 is 1.92 bits per heavy atom. The molecule has 1 N–H and O–H groups in total. The van der Waals surface area contributed by atoms with Gasteiger partial charge in [-0.1, -0.05) is 20.3 Å². The van der Waals surface area contributed by atoms with Crippen LogP contribution in [0.3, 0.4) is 0 Å². The van der Waals surface area contributed by atoms with Crippen LogP contribution < -0.4 is 0 Å².